The number of nitrogens with zero attached hydrogens (tertiary/aromatic N) is 2. The molecule has 0 radical (unpaired) electrons. The Morgan fingerprint density at radius 2 is 2.14 bits per heavy atom. The topological polar surface area (TPSA) is 73.2 Å². The van der Waals surface area contributed by atoms with Crippen LogP contribution < -0.4 is 4.72 Å². The van der Waals surface area contributed by atoms with Gasteiger partial charge in [0.15, 0.2) is 0 Å². The van der Waals surface area contributed by atoms with Crippen molar-refractivity contribution in [2.75, 3.05) is 19.6 Å². The molecule has 1 aliphatic heterocycles. The van der Waals surface area contributed by atoms with Crippen molar-refractivity contribution in [1.29, 1.82) is 5.26 Å². The molecular formula is C16H21N3O2S. The van der Waals surface area contributed by atoms with E-state index in [0.717, 1.165) is 37.9 Å². The molecule has 1 aromatic rings. The van der Waals surface area contributed by atoms with Crippen molar-refractivity contribution in [3.63, 3.8) is 0 Å². The van der Waals surface area contributed by atoms with Gasteiger partial charge in [-0.15, -0.1) is 0 Å². The molecule has 6 heteroatoms. The Morgan fingerprint density at radius 3 is 2.77 bits per heavy atom. The van der Waals surface area contributed by atoms with E-state index < -0.39 is 10.0 Å². The first-order valence-electron chi connectivity index (χ1n) is 7.36. The average molecular weight is 319 g/mol. The zero-order chi connectivity index (χ0) is 16.0. The molecule has 1 aliphatic rings. The molecule has 118 valence electrons. The van der Waals surface area contributed by atoms with Gasteiger partial charge >= 0.3 is 0 Å². The maximum absolute atomic E-state index is 11.4. The van der Waals surface area contributed by atoms with Crippen LogP contribution in [0.2, 0.25) is 0 Å². The molecule has 0 spiro atoms. The number of piperidine rings is 1. The van der Waals surface area contributed by atoms with Crippen LogP contribution in [-0.2, 0) is 16.6 Å². The molecule has 0 saturated carbocycles. The first-order chi connectivity index (χ1) is 10.5. The monoisotopic (exact) mass is 319 g/mol. The normalized spacial score (nSPS) is 19.5. The van der Waals surface area contributed by atoms with Crippen LogP contribution in [0.1, 0.15) is 24.0 Å². The van der Waals surface area contributed by atoms with Crippen molar-refractivity contribution in [3.05, 3.63) is 47.4 Å². The fourth-order valence-corrected chi connectivity index (χ4v) is 3.28. The zero-order valence-electron chi connectivity index (χ0n) is 12.5. The standard InChI is InChI=1S/C16H21N3O2S/c1-2-22(20,21)18-11-16-4-3-9-19(13-16)12-15-7-5-14(10-17)6-8-15/h2,5-8,16,18H,1,3-4,9,11-13H2/t16-/m1/s1. The van der Waals surface area contributed by atoms with Crippen molar-refractivity contribution in [1.82, 2.24) is 9.62 Å². The summed E-state index contributed by atoms with van der Waals surface area (Å²) in [6.45, 7) is 6.48. The van der Waals surface area contributed by atoms with E-state index in [-0.39, 0.29) is 0 Å². The van der Waals surface area contributed by atoms with E-state index in [9.17, 15) is 8.42 Å². The number of benzene rings is 1. The number of rotatable bonds is 6. The van der Waals surface area contributed by atoms with Gasteiger partial charge in [-0.2, -0.15) is 5.26 Å². The molecule has 1 fully saturated rings. The molecule has 1 saturated heterocycles. The molecule has 0 unspecified atom stereocenters. The van der Waals surface area contributed by atoms with Gasteiger partial charge in [-0.3, -0.25) is 4.90 Å². The summed E-state index contributed by atoms with van der Waals surface area (Å²) in [4.78, 5) is 2.33. The van der Waals surface area contributed by atoms with Gasteiger partial charge in [0.25, 0.3) is 0 Å². The van der Waals surface area contributed by atoms with Gasteiger partial charge in [0.2, 0.25) is 10.0 Å². The summed E-state index contributed by atoms with van der Waals surface area (Å²) in [5.41, 5.74) is 1.84. The van der Waals surface area contributed by atoms with Crippen LogP contribution in [0, 0.1) is 17.2 Å². The van der Waals surface area contributed by atoms with E-state index in [1.807, 2.05) is 24.3 Å². The van der Waals surface area contributed by atoms with Gasteiger partial charge in [-0.05, 0) is 43.0 Å². The minimum absolute atomic E-state index is 0.321. The Morgan fingerprint density at radius 1 is 1.41 bits per heavy atom. The van der Waals surface area contributed by atoms with Crippen molar-refractivity contribution in [3.8, 4) is 6.07 Å². The smallest absolute Gasteiger partial charge is 0.233 e. The van der Waals surface area contributed by atoms with E-state index in [2.05, 4.69) is 22.3 Å². The molecule has 0 aliphatic carbocycles. The lowest BCUT2D eigenvalue weighted by Crippen LogP contribution is -2.40. The predicted molar refractivity (Wildman–Crippen MR) is 86.3 cm³/mol. The van der Waals surface area contributed by atoms with Gasteiger partial charge in [0.1, 0.15) is 0 Å². The van der Waals surface area contributed by atoms with Crippen LogP contribution in [0.25, 0.3) is 0 Å². The Bertz CT molecular complexity index is 647. The Kier molecular flexibility index (Phi) is 5.72. The second-order valence-corrected chi connectivity index (χ2v) is 7.32. The second-order valence-electron chi connectivity index (χ2n) is 5.61. The Labute approximate surface area is 132 Å². The minimum Gasteiger partial charge on any atom is -0.299 e. The number of nitriles is 1. The van der Waals surface area contributed by atoms with E-state index >= 15 is 0 Å². The van der Waals surface area contributed by atoms with E-state index in [0.29, 0.717) is 18.0 Å². The van der Waals surface area contributed by atoms with Crippen molar-refractivity contribution >= 4 is 10.0 Å². The Hall–Kier alpha value is -1.68. The Balaban J connectivity index is 1.87. The third-order valence-corrected chi connectivity index (χ3v) is 4.89. The maximum Gasteiger partial charge on any atom is 0.233 e. The highest BCUT2D eigenvalue weighted by Crippen LogP contribution is 2.18. The zero-order valence-corrected chi connectivity index (χ0v) is 13.3. The fourth-order valence-electron chi connectivity index (χ4n) is 2.70. The highest BCUT2D eigenvalue weighted by molar-refractivity contribution is 7.92. The van der Waals surface area contributed by atoms with Crippen LogP contribution >= 0.6 is 0 Å². The first-order valence-corrected chi connectivity index (χ1v) is 8.90. The van der Waals surface area contributed by atoms with Crippen LogP contribution in [-0.4, -0.2) is 33.0 Å². The third-order valence-electron chi connectivity index (χ3n) is 3.88. The quantitative estimate of drug-likeness (QED) is 0.868. The molecule has 0 aromatic heterocycles. The highest BCUT2D eigenvalue weighted by Gasteiger charge is 2.21. The highest BCUT2D eigenvalue weighted by atomic mass is 32.2. The first kappa shape index (κ1) is 16.7. The summed E-state index contributed by atoms with van der Waals surface area (Å²) in [5.74, 6) is 0.321. The van der Waals surface area contributed by atoms with Gasteiger partial charge < -0.3 is 0 Å². The molecule has 0 amide bonds. The van der Waals surface area contributed by atoms with Crippen molar-refractivity contribution in [2.45, 2.75) is 19.4 Å². The van der Waals surface area contributed by atoms with Gasteiger partial charge in [-0.25, -0.2) is 13.1 Å². The third kappa shape index (κ3) is 4.95. The van der Waals surface area contributed by atoms with E-state index in [4.69, 9.17) is 5.26 Å². The van der Waals surface area contributed by atoms with Gasteiger partial charge in [-0.1, -0.05) is 18.7 Å². The number of hydrogen-bond acceptors (Lipinski definition) is 4. The van der Waals surface area contributed by atoms with Crippen LogP contribution in [0.5, 0.6) is 0 Å². The number of nitrogens with one attached hydrogen (secondary N) is 1. The molecule has 1 aromatic carbocycles. The summed E-state index contributed by atoms with van der Waals surface area (Å²) in [7, 11) is -3.34. The van der Waals surface area contributed by atoms with E-state index in [1.54, 1.807) is 0 Å². The number of hydrogen-bond donors (Lipinski definition) is 1. The molecule has 1 atom stereocenters. The van der Waals surface area contributed by atoms with Crippen LogP contribution in [0.15, 0.2) is 36.3 Å². The lowest BCUT2D eigenvalue weighted by molar-refractivity contribution is 0.169. The SMILES string of the molecule is C=CS(=O)(=O)NC[C@H]1CCCN(Cc2ccc(C#N)cc2)C1. The molecular weight excluding hydrogens is 298 g/mol. The molecule has 1 N–H and O–H groups in total. The fraction of sp³-hybridized carbons (Fsp3) is 0.438. The minimum atomic E-state index is -3.34. The van der Waals surface area contributed by atoms with Crippen LogP contribution in [0.4, 0.5) is 0 Å². The maximum atomic E-state index is 11.4. The van der Waals surface area contributed by atoms with Crippen molar-refractivity contribution < 1.29 is 8.42 Å². The summed E-state index contributed by atoms with van der Waals surface area (Å²) in [6.07, 6.45) is 2.10. The molecule has 1 heterocycles. The summed E-state index contributed by atoms with van der Waals surface area (Å²) in [6, 6.07) is 9.72. The van der Waals surface area contributed by atoms with Gasteiger partial charge in [0.05, 0.1) is 11.6 Å². The summed E-state index contributed by atoms with van der Waals surface area (Å²) in [5, 5.41) is 9.76. The molecule has 5 nitrogen and oxygen atoms in total. The van der Waals surface area contributed by atoms with Gasteiger partial charge in [0, 0.05) is 25.0 Å². The van der Waals surface area contributed by atoms with E-state index in [1.165, 1.54) is 5.56 Å². The summed E-state index contributed by atoms with van der Waals surface area (Å²) >= 11 is 0. The molecule has 0 bridgehead atoms. The predicted octanol–water partition coefficient (Wildman–Crippen LogP) is 1.83. The molecule has 2 rings (SSSR count). The largest absolute Gasteiger partial charge is 0.299 e. The number of sulfonamides is 1. The average Bonchev–Trinajstić information content (AvgIpc) is 2.54. The number of likely N-dealkylation sites (tertiary alicyclic amines) is 1. The summed E-state index contributed by atoms with van der Waals surface area (Å²) < 4.78 is 25.4. The lowest BCUT2D eigenvalue weighted by Gasteiger charge is -2.32. The van der Waals surface area contributed by atoms with Crippen LogP contribution in [0.3, 0.4) is 0 Å². The molecule has 22 heavy (non-hydrogen) atoms. The lowest BCUT2D eigenvalue weighted by atomic mass is 9.98. The second kappa shape index (κ2) is 7.54. The van der Waals surface area contributed by atoms with Crippen molar-refractivity contribution in [2.24, 2.45) is 5.92 Å².